The molecule has 0 spiro atoms. The van der Waals surface area contributed by atoms with E-state index < -0.39 is 5.41 Å². The van der Waals surface area contributed by atoms with Crippen molar-refractivity contribution in [2.24, 2.45) is 17.3 Å². The number of aryl methyl sites for hydroxylation is 1. The number of piperidine rings is 1. The molecule has 34 heavy (non-hydrogen) atoms. The van der Waals surface area contributed by atoms with E-state index in [9.17, 15) is 4.79 Å². The van der Waals surface area contributed by atoms with Crippen LogP contribution in [0.15, 0.2) is 42.5 Å². The van der Waals surface area contributed by atoms with Crippen LogP contribution >= 0.6 is 0 Å². The van der Waals surface area contributed by atoms with Gasteiger partial charge in [-0.1, -0.05) is 71.9 Å². The molecule has 1 saturated heterocycles. The predicted octanol–water partition coefficient (Wildman–Crippen LogP) is 6.99. The Kier molecular flexibility index (Phi) is 12.4. The number of ether oxygens (including phenoxy) is 2. The van der Waals surface area contributed by atoms with E-state index in [1.54, 1.807) is 14.2 Å². The Hall–Kier alpha value is -2.33. The normalized spacial score (nSPS) is 19.0. The summed E-state index contributed by atoms with van der Waals surface area (Å²) in [7, 11) is 5.50. The van der Waals surface area contributed by atoms with Gasteiger partial charge in [-0.05, 0) is 49.4 Å². The summed E-state index contributed by atoms with van der Waals surface area (Å²) in [5.74, 6) is 3.23. The van der Waals surface area contributed by atoms with E-state index in [0.717, 1.165) is 46.3 Å². The Morgan fingerprint density at radius 2 is 1.56 bits per heavy atom. The molecule has 3 unspecified atom stereocenters. The monoisotopic (exact) mass is 469 g/mol. The van der Waals surface area contributed by atoms with Gasteiger partial charge in [0.05, 0.1) is 14.2 Å². The molecule has 1 aliphatic heterocycles. The lowest BCUT2D eigenvalue weighted by Crippen LogP contribution is -2.35. The molecular weight excluding hydrogens is 422 g/mol. The first-order valence-electron chi connectivity index (χ1n) is 12.5. The summed E-state index contributed by atoms with van der Waals surface area (Å²) < 4.78 is 11.0. The van der Waals surface area contributed by atoms with Crippen LogP contribution in [0.2, 0.25) is 0 Å². The molecule has 1 aliphatic rings. The fourth-order valence-corrected chi connectivity index (χ4v) is 5.05. The molecule has 0 bridgehead atoms. The van der Waals surface area contributed by atoms with Crippen LogP contribution in [0.1, 0.15) is 70.6 Å². The van der Waals surface area contributed by atoms with Gasteiger partial charge in [0.1, 0.15) is 17.8 Å². The lowest BCUT2D eigenvalue weighted by molar-refractivity contribution is -0.115. The van der Waals surface area contributed by atoms with Crippen LogP contribution in [0.5, 0.6) is 11.5 Å². The van der Waals surface area contributed by atoms with Gasteiger partial charge in [-0.25, -0.2) is 0 Å². The first-order chi connectivity index (χ1) is 16.1. The average Bonchev–Trinajstić information content (AvgIpc) is 2.81. The molecule has 4 nitrogen and oxygen atoms in total. The van der Waals surface area contributed by atoms with Crippen molar-refractivity contribution in [2.45, 2.75) is 60.8 Å². The van der Waals surface area contributed by atoms with Crippen molar-refractivity contribution in [3.8, 4) is 11.5 Å². The first-order valence-corrected chi connectivity index (χ1v) is 12.5. The van der Waals surface area contributed by atoms with Crippen molar-refractivity contribution < 1.29 is 14.3 Å². The van der Waals surface area contributed by atoms with E-state index in [4.69, 9.17) is 9.47 Å². The zero-order valence-electron chi connectivity index (χ0n) is 23.1. The quantitative estimate of drug-likeness (QED) is 0.427. The third-order valence-electron chi connectivity index (χ3n) is 6.30. The highest BCUT2D eigenvalue weighted by molar-refractivity contribution is 5.65. The molecule has 0 saturated carbocycles. The summed E-state index contributed by atoms with van der Waals surface area (Å²) in [6.07, 6.45) is 2.44. The molecule has 0 amide bonds. The Bertz CT molecular complexity index is 838. The number of benzene rings is 2. The van der Waals surface area contributed by atoms with Gasteiger partial charge in [-0.15, -0.1) is 0 Å². The molecule has 0 N–H and O–H groups in total. The van der Waals surface area contributed by atoms with Gasteiger partial charge in [0.25, 0.3) is 0 Å². The molecular formula is C30H47NO3. The molecule has 3 rings (SSSR count). The Morgan fingerprint density at radius 3 is 2.00 bits per heavy atom. The van der Waals surface area contributed by atoms with Crippen LogP contribution in [0, 0.1) is 24.2 Å². The average molecular weight is 470 g/mol. The number of hydrogen-bond acceptors (Lipinski definition) is 4. The second kappa shape index (κ2) is 14.2. The van der Waals surface area contributed by atoms with E-state index in [1.807, 2.05) is 65.0 Å². The molecule has 0 aromatic heterocycles. The molecule has 1 heterocycles. The number of nitrogens with zero attached hydrogens (tertiary/aromatic N) is 1. The summed E-state index contributed by atoms with van der Waals surface area (Å²) in [5.41, 5.74) is 2.60. The minimum atomic E-state index is -0.562. The number of carbonyl (C=O) groups excluding carboxylic acids is 1. The minimum absolute atomic E-state index is 0.0953. The lowest BCUT2D eigenvalue weighted by atomic mass is 9.71. The fraction of sp³-hybridized carbons (Fsp3) is 0.567. The van der Waals surface area contributed by atoms with Gasteiger partial charge >= 0.3 is 0 Å². The zero-order valence-corrected chi connectivity index (χ0v) is 23.1. The molecule has 2 aromatic rings. The molecule has 0 aliphatic carbocycles. The number of carbonyl (C=O) groups is 1. The number of methoxy groups -OCH3 is 2. The summed E-state index contributed by atoms with van der Waals surface area (Å²) in [4.78, 5) is 14.2. The van der Waals surface area contributed by atoms with Crippen molar-refractivity contribution >= 4 is 6.29 Å². The Balaban J connectivity index is 0.000000437. The maximum absolute atomic E-state index is 11.8. The van der Waals surface area contributed by atoms with E-state index in [2.05, 4.69) is 37.9 Å². The molecule has 4 heteroatoms. The number of rotatable bonds is 6. The minimum Gasteiger partial charge on any atom is -0.497 e. The van der Waals surface area contributed by atoms with Crippen LogP contribution in [0.25, 0.3) is 0 Å². The van der Waals surface area contributed by atoms with E-state index in [-0.39, 0.29) is 5.92 Å². The number of hydrogen-bond donors (Lipinski definition) is 0. The second-order valence-electron chi connectivity index (χ2n) is 10.0. The summed E-state index contributed by atoms with van der Waals surface area (Å²) >= 11 is 0. The SMILES string of the molecule is CC.CC1CC(C)CN(C)C1.COc1cc(C)c(C(c2ccccc2)C(C)(C)C=O)c(OC)c1. The summed E-state index contributed by atoms with van der Waals surface area (Å²) in [5, 5.41) is 0. The Labute approximate surface area is 208 Å². The highest BCUT2D eigenvalue weighted by Gasteiger charge is 2.35. The van der Waals surface area contributed by atoms with E-state index in [0.29, 0.717) is 0 Å². The second-order valence-corrected chi connectivity index (χ2v) is 10.0. The zero-order chi connectivity index (χ0) is 25.9. The van der Waals surface area contributed by atoms with Crippen LogP contribution < -0.4 is 9.47 Å². The van der Waals surface area contributed by atoms with Crippen LogP contribution in [0.4, 0.5) is 0 Å². The lowest BCUT2D eigenvalue weighted by Gasteiger charge is -2.32. The van der Waals surface area contributed by atoms with Crippen LogP contribution in [-0.4, -0.2) is 45.5 Å². The largest absolute Gasteiger partial charge is 0.497 e. The molecule has 1 fully saturated rings. The topological polar surface area (TPSA) is 38.8 Å². The number of likely N-dealkylation sites (tertiary alicyclic amines) is 1. The molecule has 2 aromatic carbocycles. The van der Waals surface area contributed by atoms with Crippen molar-refractivity contribution in [3.63, 3.8) is 0 Å². The summed E-state index contributed by atoms with van der Waals surface area (Å²) in [6.45, 7) is 17.2. The Morgan fingerprint density at radius 1 is 1.00 bits per heavy atom. The number of aldehydes is 1. The van der Waals surface area contributed by atoms with Crippen molar-refractivity contribution in [1.82, 2.24) is 4.90 Å². The van der Waals surface area contributed by atoms with Gasteiger partial charge in [-0.2, -0.15) is 0 Å². The van der Waals surface area contributed by atoms with Gasteiger partial charge < -0.3 is 19.2 Å². The van der Waals surface area contributed by atoms with Crippen molar-refractivity contribution in [2.75, 3.05) is 34.4 Å². The fourth-order valence-electron chi connectivity index (χ4n) is 5.05. The highest BCUT2D eigenvalue weighted by Crippen LogP contribution is 2.45. The van der Waals surface area contributed by atoms with Gasteiger partial charge in [0, 0.05) is 36.1 Å². The standard InChI is InChI=1S/C20H24O3.C8H17N.C2H6/c1-14-11-16(22-4)12-17(23-5)18(14)19(20(2,3)13-21)15-9-7-6-8-10-15;1-7-4-8(2)6-9(3)5-7;1-2/h6-13,19H,1-5H3;7-8H,4-6H2,1-3H3;1-2H3. The van der Waals surface area contributed by atoms with E-state index >= 15 is 0 Å². The molecule has 190 valence electrons. The predicted molar refractivity (Wildman–Crippen MR) is 144 cm³/mol. The third kappa shape index (κ3) is 8.16. The smallest absolute Gasteiger partial charge is 0.126 e. The maximum Gasteiger partial charge on any atom is 0.126 e. The van der Waals surface area contributed by atoms with Crippen LogP contribution in [-0.2, 0) is 4.79 Å². The van der Waals surface area contributed by atoms with Gasteiger partial charge in [0.15, 0.2) is 0 Å². The molecule has 3 atom stereocenters. The highest BCUT2D eigenvalue weighted by atomic mass is 16.5. The maximum atomic E-state index is 11.8. The van der Waals surface area contributed by atoms with Crippen molar-refractivity contribution in [3.05, 3.63) is 59.2 Å². The molecule has 0 radical (unpaired) electrons. The van der Waals surface area contributed by atoms with Gasteiger partial charge in [-0.3, -0.25) is 0 Å². The van der Waals surface area contributed by atoms with Crippen molar-refractivity contribution in [1.29, 1.82) is 0 Å². The first kappa shape index (κ1) is 29.7. The summed E-state index contributed by atoms with van der Waals surface area (Å²) in [6, 6.07) is 13.9. The van der Waals surface area contributed by atoms with E-state index in [1.165, 1.54) is 19.5 Å². The van der Waals surface area contributed by atoms with Crippen LogP contribution in [0.3, 0.4) is 0 Å². The third-order valence-corrected chi connectivity index (χ3v) is 6.30. The van der Waals surface area contributed by atoms with Gasteiger partial charge in [0.2, 0.25) is 0 Å².